The van der Waals surface area contributed by atoms with Gasteiger partial charge in [0, 0.05) is 50.4 Å². The molecule has 0 saturated carbocycles. The van der Waals surface area contributed by atoms with E-state index in [9.17, 15) is 36.6 Å². The molecule has 2 heterocycles. The number of amides is 2. The third-order valence-electron chi connectivity index (χ3n) is 7.95. The van der Waals surface area contributed by atoms with Gasteiger partial charge in [-0.3, -0.25) is 9.59 Å². The smallest absolute Gasteiger partial charge is 0.257 e. The Balaban J connectivity index is 1.39. The van der Waals surface area contributed by atoms with Crippen LogP contribution >= 0.6 is 0 Å². The largest absolute Gasteiger partial charge is 0.492 e. The van der Waals surface area contributed by atoms with E-state index in [1.807, 2.05) is 0 Å². The van der Waals surface area contributed by atoms with Gasteiger partial charge in [0.05, 0.1) is 25.2 Å². The van der Waals surface area contributed by atoms with Gasteiger partial charge in [-0.1, -0.05) is 6.07 Å². The number of hydrogen-bond donors (Lipinski definition) is 1. The first kappa shape index (κ1) is 34.2. The van der Waals surface area contributed by atoms with Crippen molar-refractivity contribution in [2.75, 3.05) is 50.8 Å². The summed E-state index contributed by atoms with van der Waals surface area (Å²) in [7, 11) is 0. The molecule has 48 heavy (non-hydrogen) atoms. The van der Waals surface area contributed by atoms with E-state index in [4.69, 9.17) is 4.74 Å². The molecule has 0 radical (unpaired) electrons. The lowest BCUT2D eigenvalue weighted by Gasteiger charge is -2.35. The Hall–Kier alpha value is -5.12. The first-order valence-corrected chi connectivity index (χ1v) is 14.7. The highest BCUT2D eigenvalue weighted by atomic mass is 19.2. The third kappa shape index (κ3) is 7.54. The summed E-state index contributed by atoms with van der Waals surface area (Å²) in [5.41, 5.74) is -3.18. The molecular formula is C32H30F6N6O4. The molecule has 4 aromatic rings. The summed E-state index contributed by atoms with van der Waals surface area (Å²) < 4.78 is 92.5. The van der Waals surface area contributed by atoms with Gasteiger partial charge in [-0.2, -0.15) is 5.10 Å². The number of hydrogen-bond acceptors (Lipinski definition) is 7. The summed E-state index contributed by atoms with van der Waals surface area (Å²) in [6.45, 7) is 1.78. The van der Waals surface area contributed by atoms with E-state index in [-0.39, 0.29) is 18.6 Å². The minimum Gasteiger partial charge on any atom is -0.492 e. The molecule has 0 spiro atoms. The lowest BCUT2D eigenvalue weighted by Crippen LogP contribution is -2.48. The number of nitrogens with zero attached hydrogens (tertiary/aromatic N) is 6. The second-order valence-electron chi connectivity index (χ2n) is 11.2. The molecule has 0 bridgehead atoms. The van der Waals surface area contributed by atoms with Gasteiger partial charge in [-0.05, 0) is 36.4 Å². The first-order chi connectivity index (χ1) is 22.9. The number of rotatable bonds is 11. The molecule has 16 heteroatoms. The van der Waals surface area contributed by atoms with Gasteiger partial charge < -0.3 is 24.5 Å². The summed E-state index contributed by atoms with van der Waals surface area (Å²) in [5.74, 6) is -11.3. The number of benzene rings is 3. The lowest BCUT2D eigenvalue weighted by atomic mass is 9.92. The van der Waals surface area contributed by atoms with E-state index in [0.29, 0.717) is 38.0 Å². The van der Waals surface area contributed by atoms with Gasteiger partial charge in [0.15, 0.2) is 23.3 Å². The minimum atomic E-state index is -2.39. The molecule has 5 rings (SSSR count). The highest BCUT2D eigenvalue weighted by Gasteiger charge is 2.38. The van der Waals surface area contributed by atoms with Crippen molar-refractivity contribution in [3.05, 3.63) is 107 Å². The zero-order chi connectivity index (χ0) is 34.6. The number of halogens is 6. The van der Waals surface area contributed by atoms with Crippen molar-refractivity contribution in [3.63, 3.8) is 0 Å². The molecule has 1 aromatic heterocycles. The zero-order valence-electron chi connectivity index (χ0n) is 25.6. The second kappa shape index (κ2) is 14.3. The Morgan fingerprint density at radius 2 is 1.62 bits per heavy atom. The Kier molecular flexibility index (Phi) is 10.2. The maximum Gasteiger partial charge on any atom is 0.257 e. The Labute approximate surface area is 270 Å². The second-order valence-corrected chi connectivity index (χ2v) is 11.2. The molecule has 254 valence electrons. The van der Waals surface area contributed by atoms with Crippen LogP contribution in [0.3, 0.4) is 0 Å². The van der Waals surface area contributed by atoms with Crippen LogP contribution in [0, 0.1) is 34.9 Å². The Morgan fingerprint density at radius 1 is 0.917 bits per heavy atom. The fourth-order valence-corrected chi connectivity index (χ4v) is 5.44. The van der Waals surface area contributed by atoms with Gasteiger partial charge in [-0.15, -0.1) is 0 Å². The monoisotopic (exact) mass is 676 g/mol. The Bertz CT molecular complexity index is 1770. The van der Waals surface area contributed by atoms with Crippen molar-refractivity contribution in [1.29, 1.82) is 0 Å². The van der Waals surface area contributed by atoms with Crippen LogP contribution in [0.15, 0.2) is 61.2 Å². The number of anilines is 1. The molecule has 0 aliphatic carbocycles. The van der Waals surface area contributed by atoms with Gasteiger partial charge in [0.25, 0.3) is 5.91 Å². The predicted octanol–water partition coefficient (Wildman–Crippen LogP) is 3.89. The Morgan fingerprint density at radius 3 is 2.25 bits per heavy atom. The quantitative estimate of drug-likeness (QED) is 0.146. The fourth-order valence-electron chi connectivity index (χ4n) is 5.44. The van der Waals surface area contributed by atoms with Crippen LogP contribution in [0.5, 0.6) is 5.75 Å². The first-order valence-electron chi connectivity index (χ1n) is 14.7. The van der Waals surface area contributed by atoms with Gasteiger partial charge in [0.1, 0.15) is 42.2 Å². The molecule has 10 nitrogen and oxygen atoms in total. The van der Waals surface area contributed by atoms with Crippen LogP contribution in [0.2, 0.25) is 0 Å². The van der Waals surface area contributed by atoms with E-state index in [1.54, 1.807) is 29.2 Å². The molecule has 2 amide bonds. The highest BCUT2D eigenvalue weighted by molar-refractivity contribution is 5.94. The minimum absolute atomic E-state index is 0.00277. The van der Waals surface area contributed by atoms with Crippen molar-refractivity contribution < 1.29 is 45.8 Å². The molecule has 1 aliphatic heterocycles. The van der Waals surface area contributed by atoms with E-state index in [0.717, 1.165) is 33.7 Å². The van der Waals surface area contributed by atoms with Crippen LogP contribution < -0.4 is 9.64 Å². The summed E-state index contributed by atoms with van der Waals surface area (Å²) in [5, 5.41) is 15.7. The number of carbonyl (C=O) groups excluding carboxylic acids is 2. The molecule has 3 aromatic carbocycles. The number of aromatic nitrogens is 3. The van der Waals surface area contributed by atoms with Gasteiger partial charge in [0.2, 0.25) is 5.91 Å². The van der Waals surface area contributed by atoms with Crippen molar-refractivity contribution in [1.82, 2.24) is 24.6 Å². The molecule has 1 N–H and O–H groups in total. The molecule has 1 aliphatic rings. The van der Waals surface area contributed by atoms with Crippen molar-refractivity contribution in [2.24, 2.45) is 0 Å². The van der Waals surface area contributed by atoms with Crippen LogP contribution in [-0.4, -0.2) is 87.4 Å². The van der Waals surface area contributed by atoms with Crippen molar-refractivity contribution >= 4 is 17.5 Å². The van der Waals surface area contributed by atoms with E-state index >= 15 is 4.39 Å². The third-order valence-corrected chi connectivity index (χ3v) is 7.95. The predicted molar refractivity (Wildman–Crippen MR) is 159 cm³/mol. The topological polar surface area (TPSA) is 104 Å². The van der Waals surface area contributed by atoms with Crippen LogP contribution in [0.4, 0.5) is 32.0 Å². The molecular weight excluding hydrogens is 646 g/mol. The number of piperazine rings is 1. The van der Waals surface area contributed by atoms with E-state index < -0.39 is 77.2 Å². The van der Waals surface area contributed by atoms with Crippen LogP contribution in [0.1, 0.15) is 22.8 Å². The number of aliphatic hydroxyl groups is 1. The zero-order valence-corrected chi connectivity index (χ0v) is 25.6. The highest BCUT2D eigenvalue weighted by Crippen LogP contribution is 2.30. The molecule has 1 atom stereocenters. The lowest BCUT2D eigenvalue weighted by molar-refractivity contribution is -0.129. The number of ether oxygens (including phenoxy) is 1. The standard InChI is InChI=1S/C32H30F6N6O4/c1-20(45)41-8-10-42(11-9-41)22-3-5-23(6-4-22)48-13-12-43(31(46)24-15-27(35)29(37)30(38)28(24)36)16-32(47,17-44-19-39-18-40-44)25-7-2-21(33)14-26(25)34/h2-7,14-15,18-19,47H,8-13,16-17H2,1H3. The summed E-state index contributed by atoms with van der Waals surface area (Å²) in [6, 6.07) is 9.38. The van der Waals surface area contributed by atoms with Gasteiger partial charge in [-0.25, -0.2) is 36.0 Å². The molecule has 1 fully saturated rings. The summed E-state index contributed by atoms with van der Waals surface area (Å²) in [4.78, 5) is 33.6. The molecule has 1 saturated heterocycles. The fraction of sp³-hybridized carbons (Fsp3) is 0.312. The summed E-state index contributed by atoms with van der Waals surface area (Å²) in [6.07, 6.45) is 2.30. The van der Waals surface area contributed by atoms with E-state index in [2.05, 4.69) is 15.0 Å². The number of carbonyl (C=O) groups is 2. The van der Waals surface area contributed by atoms with Crippen molar-refractivity contribution in [3.8, 4) is 5.75 Å². The maximum absolute atomic E-state index is 15.1. The van der Waals surface area contributed by atoms with Crippen LogP contribution in [-0.2, 0) is 16.9 Å². The maximum atomic E-state index is 15.1. The van der Waals surface area contributed by atoms with Gasteiger partial charge >= 0.3 is 0 Å². The summed E-state index contributed by atoms with van der Waals surface area (Å²) >= 11 is 0. The van der Waals surface area contributed by atoms with Crippen molar-refractivity contribution in [2.45, 2.75) is 19.1 Å². The molecule has 1 unspecified atom stereocenters. The SMILES string of the molecule is CC(=O)N1CCN(c2ccc(OCCN(CC(O)(Cn3cncn3)c3ccc(F)cc3F)C(=O)c3cc(F)c(F)c(F)c3F)cc2)CC1. The normalized spacial score (nSPS) is 14.5. The van der Waals surface area contributed by atoms with E-state index in [1.165, 1.54) is 13.3 Å². The average molecular weight is 677 g/mol. The van der Waals surface area contributed by atoms with Crippen LogP contribution in [0.25, 0.3) is 0 Å². The average Bonchev–Trinajstić information content (AvgIpc) is 3.57.